The highest BCUT2D eigenvalue weighted by atomic mass is 19.1. The van der Waals surface area contributed by atoms with E-state index in [0.717, 1.165) is 4.68 Å². The van der Waals surface area contributed by atoms with Gasteiger partial charge in [-0.05, 0) is 12.1 Å². The second-order valence-corrected chi connectivity index (χ2v) is 5.24. The number of carboxylic acids is 1. The van der Waals surface area contributed by atoms with Crippen LogP contribution in [-0.4, -0.2) is 36.5 Å². The standard InChI is InChI=1S/C16H14FN5O3/c17-12-4-2-1-3-11(12)9-21-8-6-14(20-21)18-16(25)13-5-7-22(19-13)10-15(23)24/h1-8H,9-10H2,(H,23,24)(H,18,20,25). The average molecular weight is 343 g/mol. The molecule has 0 unspecified atom stereocenters. The highest BCUT2D eigenvalue weighted by molar-refractivity contribution is 6.02. The van der Waals surface area contributed by atoms with Crippen molar-refractivity contribution in [3.8, 4) is 0 Å². The first-order valence-corrected chi connectivity index (χ1v) is 7.35. The molecule has 2 aromatic heterocycles. The molecule has 0 aliphatic carbocycles. The van der Waals surface area contributed by atoms with Crippen molar-refractivity contribution in [1.29, 1.82) is 0 Å². The molecule has 0 fully saturated rings. The highest BCUT2D eigenvalue weighted by Gasteiger charge is 2.12. The van der Waals surface area contributed by atoms with Crippen LogP contribution in [0.2, 0.25) is 0 Å². The Balaban J connectivity index is 1.65. The van der Waals surface area contributed by atoms with Crippen LogP contribution in [0, 0.1) is 5.82 Å². The van der Waals surface area contributed by atoms with E-state index in [1.165, 1.54) is 23.0 Å². The Morgan fingerprint density at radius 2 is 1.84 bits per heavy atom. The molecule has 0 atom stereocenters. The second-order valence-electron chi connectivity index (χ2n) is 5.24. The number of anilines is 1. The maximum absolute atomic E-state index is 13.6. The van der Waals surface area contributed by atoms with Crippen LogP contribution in [0.3, 0.4) is 0 Å². The Morgan fingerprint density at radius 1 is 1.08 bits per heavy atom. The van der Waals surface area contributed by atoms with Gasteiger partial charge in [0.15, 0.2) is 11.5 Å². The lowest BCUT2D eigenvalue weighted by atomic mass is 10.2. The predicted molar refractivity (Wildman–Crippen MR) is 85.5 cm³/mol. The summed E-state index contributed by atoms with van der Waals surface area (Å²) < 4.78 is 16.3. The topological polar surface area (TPSA) is 102 Å². The summed E-state index contributed by atoms with van der Waals surface area (Å²) in [5.74, 6) is -1.61. The van der Waals surface area contributed by atoms with Gasteiger partial charge >= 0.3 is 5.97 Å². The third kappa shape index (κ3) is 4.08. The number of rotatable bonds is 6. The number of hydrogen-bond acceptors (Lipinski definition) is 4. The molecule has 0 saturated heterocycles. The Labute approximate surface area is 141 Å². The number of nitrogens with one attached hydrogen (secondary N) is 1. The first-order valence-electron chi connectivity index (χ1n) is 7.35. The molecule has 0 spiro atoms. The van der Waals surface area contributed by atoms with E-state index in [2.05, 4.69) is 15.5 Å². The fraction of sp³-hybridized carbons (Fsp3) is 0.125. The molecule has 0 radical (unpaired) electrons. The monoisotopic (exact) mass is 343 g/mol. The van der Waals surface area contributed by atoms with Crippen LogP contribution in [0.25, 0.3) is 0 Å². The van der Waals surface area contributed by atoms with E-state index in [0.29, 0.717) is 5.56 Å². The third-order valence-corrected chi connectivity index (χ3v) is 3.34. The molecule has 0 saturated carbocycles. The van der Waals surface area contributed by atoms with Gasteiger partial charge in [-0.15, -0.1) is 0 Å². The summed E-state index contributed by atoms with van der Waals surface area (Å²) in [7, 11) is 0. The molecule has 8 nitrogen and oxygen atoms in total. The van der Waals surface area contributed by atoms with E-state index in [1.54, 1.807) is 30.5 Å². The van der Waals surface area contributed by atoms with E-state index in [4.69, 9.17) is 5.11 Å². The van der Waals surface area contributed by atoms with Gasteiger partial charge in [-0.25, -0.2) is 4.39 Å². The average Bonchev–Trinajstić information content (AvgIpc) is 3.19. The Bertz CT molecular complexity index is 918. The fourth-order valence-electron chi connectivity index (χ4n) is 2.21. The molecule has 1 aromatic carbocycles. The van der Waals surface area contributed by atoms with Crippen molar-refractivity contribution in [2.75, 3.05) is 5.32 Å². The van der Waals surface area contributed by atoms with Crippen molar-refractivity contribution in [2.24, 2.45) is 0 Å². The number of amides is 1. The molecule has 3 rings (SSSR count). The van der Waals surface area contributed by atoms with Gasteiger partial charge in [0.2, 0.25) is 0 Å². The van der Waals surface area contributed by atoms with Crippen LogP contribution in [0.5, 0.6) is 0 Å². The quantitative estimate of drug-likeness (QED) is 0.708. The van der Waals surface area contributed by atoms with E-state index in [1.807, 2.05) is 0 Å². The van der Waals surface area contributed by atoms with E-state index < -0.39 is 11.9 Å². The summed E-state index contributed by atoms with van der Waals surface area (Å²) in [5.41, 5.74) is 0.556. The molecule has 2 N–H and O–H groups in total. The lowest BCUT2D eigenvalue weighted by Crippen LogP contribution is -2.15. The summed E-state index contributed by atoms with van der Waals surface area (Å²) in [6, 6.07) is 9.36. The summed E-state index contributed by atoms with van der Waals surface area (Å²) in [5, 5.41) is 19.3. The summed E-state index contributed by atoms with van der Waals surface area (Å²) >= 11 is 0. The van der Waals surface area contributed by atoms with E-state index in [-0.39, 0.29) is 30.4 Å². The van der Waals surface area contributed by atoms with Crippen molar-refractivity contribution in [1.82, 2.24) is 19.6 Å². The number of aliphatic carboxylic acids is 1. The van der Waals surface area contributed by atoms with Crippen molar-refractivity contribution >= 4 is 17.7 Å². The normalized spacial score (nSPS) is 10.6. The van der Waals surface area contributed by atoms with Gasteiger partial charge in [-0.3, -0.25) is 19.0 Å². The zero-order chi connectivity index (χ0) is 17.8. The second kappa shape index (κ2) is 6.95. The largest absolute Gasteiger partial charge is 0.480 e. The summed E-state index contributed by atoms with van der Waals surface area (Å²) in [4.78, 5) is 22.7. The maximum atomic E-state index is 13.6. The van der Waals surface area contributed by atoms with Gasteiger partial charge < -0.3 is 10.4 Å². The number of benzene rings is 1. The number of aromatic nitrogens is 4. The molecule has 25 heavy (non-hydrogen) atoms. The molecule has 0 aliphatic rings. The number of halogens is 1. The maximum Gasteiger partial charge on any atom is 0.325 e. The van der Waals surface area contributed by atoms with Gasteiger partial charge in [-0.2, -0.15) is 10.2 Å². The molecular weight excluding hydrogens is 329 g/mol. The van der Waals surface area contributed by atoms with Crippen LogP contribution < -0.4 is 5.32 Å². The minimum Gasteiger partial charge on any atom is -0.480 e. The third-order valence-electron chi connectivity index (χ3n) is 3.34. The zero-order valence-corrected chi connectivity index (χ0v) is 13.0. The van der Waals surface area contributed by atoms with Gasteiger partial charge in [-0.1, -0.05) is 18.2 Å². The summed E-state index contributed by atoms with van der Waals surface area (Å²) in [6.07, 6.45) is 3.02. The van der Waals surface area contributed by atoms with Crippen LogP contribution in [0.1, 0.15) is 16.1 Å². The molecule has 0 aliphatic heterocycles. The van der Waals surface area contributed by atoms with Gasteiger partial charge in [0, 0.05) is 24.0 Å². The minimum absolute atomic E-state index is 0.0740. The number of hydrogen-bond donors (Lipinski definition) is 2. The van der Waals surface area contributed by atoms with Crippen LogP contribution in [0.15, 0.2) is 48.8 Å². The van der Waals surface area contributed by atoms with Crippen LogP contribution in [-0.2, 0) is 17.9 Å². The smallest absolute Gasteiger partial charge is 0.325 e. The van der Waals surface area contributed by atoms with Crippen molar-refractivity contribution in [3.05, 3.63) is 65.9 Å². The van der Waals surface area contributed by atoms with E-state index >= 15 is 0 Å². The Kier molecular flexibility index (Phi) is 4.55. The zero-order valence-electron chi connectivity index (χ0n) is 13.0. The van der Waals surface area contributed by atoms with Gasteiger partial charge in [0.05, 0.1) is 6.54 Å². The number of carbonyl (C=O) groups is 2. The number of carboxylic acid groups (broad SMARTS) is 1. The van der Waals surface area contributed by atoms with Gasteiger partial charge in [0.25, 0.3) is 5.91 Å². The van der Waals surface area contributed by atoms with Crippen molar-refractivity contribution in [2.45, 2.75) is 13.1 Å². The Hall–Kier alpha value is -3.49. The van der Waals surface area contributed by atoms with Crippen molar-refractivity contribution in [3.63, 3.8) is 0 Å². The molecular formula is C16H14FN5O3. The molecule has 9 heteroatoms. The predicted octanol–water partition coefficient (Wildman–Crippen LogP) is 1.60. The first-order chi connectivity index (χ1) is 12.0. The molecule has 128 valence electrons. The fourth-order valence-corrected chi connectivity index (χ4v) is 2.21. The van der Waals surface area contributed by atoms with Crippen LogP contribution >= 0.6 is 0 Å². The Morgan fingerprint density at radius 3 is 2.60 bits per heavy atom. The SMILES string of the molecule is O=C(O)Cn1ccc(C(=O)Nc2ccn(Cc3ccccc3F)n2)n1. The molecule has 2 heterocycles. The first kappa shape index (κ1) is 16.4. The lowest BCUT2D eigenvalue weighted by molar-refractivity contribution is -0.137. The molecule has 1 amide bonds. The van der Waals surface area contributed by atoms with E-state index in [9.17, 15) is 14.0 Å². The van der Waals surface area contributed by atoms with Crippen LogP contribution in [0.4, 0.5) is 10.2 Å². The highest BCUT2D eigenvalue weighted by Crippen LogP contribution is 2.11. The molecule has 0 bridgehead atoms. The minimum atomic E-state index is -1.05. The lowest BCUT2D eigenvalue weighted by Gasteiger charge is -2.03. The number of carbonyl (C=O) groups excluding carboxylic acids is 1. The number of nitrogens with zero attached hydrogens (tertiary/aromatic N) is 4. The molecule has 3 aromatic rings. The van der Waals surface area contributed by atoms with Crippen molar-refractivity contribution < 1.29 is 19.1 Å². The van der Waals surface area contributed by atoms with Gasteiger partial charge in [0.1, 0.15) is 12.4 Å². The summed E-state index contributed by atoms with van der Waals surface area (Å²) in [6.45, 7) is -0.0969.